The normalized spacial score (nSPS) is 12.4. The van der Waals surface area contributed by atoms with Crippen LogP contribution >= 0.6 is 11.3 Å². The third-order valence-electron chi connectivity index (χ3n) is 2.70. The molecule has 1 unspecified atom stereocenters. The number of nitrogens with one attached hydrogen (secondary N) is 1. The highest BCUT2D eigenvalue weighted by molar-refractivity contribution is 7.12. The highest BCUT2D eigenvalue weighted by Gasteiger charge is 2.11. The van der Waals surface area contributed by atoms with Gasteiger partial charge in [-0.3, -0.25) is 0 Å². The van der Waals surface area contributed by atoms with Crippen molar-refractivity contribution in [3.8, 4) is 0 Å². The van der Waals surface area contributed by atoms with E-state index in [9.17, 15) is 0 Å². The standard InChI is InChI=1S/C13H17N3S/c1-4-11-9(2)8-12(17-11)10(3)16-13-14-6-5-7-15-13/h5-8,10H,4H2,1-3H3,(H,14,15,16). The van der Waals surface area contributed by atoms with Gasteiger partial charge in [-0.1, -0.05) is 6.92 Å². The van der Waals surface area contributed by atoms with Crippen LogP contribution in [0.2, 0.25) is 0 Å². The summed E-state index contributed by atoms with van der Waals surface area (Å²) in [5.41, 5.74) is 1.38. The van der Waals surface area contributed by atoms with Gasteiger partial charge in [0.1, 0.15) is 0 Å². The van der Waals surface area contributed by atoms with Crippen LogP contribution < -0.4 is 5.32 Å². The monoisotopic (exact) mass is 247 g/mol. The molecule has 2 rings (SSSR count). The molecule has 0 saturated heterocycles. The van der Waals surface area contributed by atoms with Crippen LogP contribution in [0.1, 0.15) is 35.2 Å². The maximum Gasteiger partial charge on any atom is 0.223 e. The van der Waals surface area contributed by atoms with Crippen molar-refractivity contribution in [1.29, 1.82) is 0 Å². The van der Waals surface area contributed by atoms with Crippen molar-refractivity contribution >= 4 is 17.3 Å². The first-order chi connectivity index (χ1) is 8.20. The summed E-state index contributed by atoms with van der Waals surface area (Å²) in [7, 11) is 0. The first-order valence-electron chi connectivity index (χ1n) is 5.83. The molecule has 0 aromatic carbocycles. The van der Waals surface area contributed by atoms with Gasteiger partial charge >= 0.3 is 0 Å². The minimum absolute atomic E-state index is 0.251. The lowest BCUT2D eigenvalue weighted by Crippen LogP contribution is -2.07. The Balaban J connectivity index is 2.12. The van der Waals surface area contributed by atoms with Crippen LogP contribution in [0.25, 0.3) is 0 Å². The number of aryl methyl sites for hydroxylation is 2. The second-order valence-electron chi connectivity index (χ2n) is 4.05. The molecule has 0 aliphatic carbocycles. The van der Waals surface area contributed by atoms with Crippen molar-refractivity contribution in [1.82, 2.24) is 9.97 Å². The molecular formula is C13H17N3S. The molecule has 4 heteroatoms. The van der Waals surface area contributed by atoms with Crippen molar-refractivity contribution in [3.63, 3.8) is 0 Å². The quantitative estimate of drug-likeness (QED) is 0.897. The van der Waals surface area contributed by atoms with Gasteiger partial charge in [0.2, 0.25) is 5.95 Å². The van der Waals surface area contributed by atoms with Gasteiger partial charge in [0.15, 0.2) is 0 Å². The fraction of sp³-hybridized carbons (Fsp3) is 0.385. The number of rotatable bonds is 4. The van der Waals surface area contributed by atoms with Crippen LogP contribution in [0, 0.1) is 6.92 Å². The summed E-state index contributed by atoms with van der Waals surface area (Å²) in [5, 5.41) is 3.31. The van der Waals surface area contributed by atoms with Crippen LogP contribution in [0.5, 0.6) is 0 Å². The zero-order chi connectivity index (χ0) is 12.3. The van der Waals surface area contributed by atoms with E-state index in [0.717, 1.165) is 6.42 Å². The van der Waals surface area contributed by atoms with Crippen molar-refractivity contribution in [2.75, 3.05) is 5.32 Å². The number of hydrogen-bond acceptors (Lipinski definition) is 4. The van der Waals surface area contributed by atoms with Gasteiger partial charge in [-0.2, -0.15) is 0 Å². The van der Waals surface area contributed by atoms with Crippen molar-refractivity contribution in [2.45, 2.75) is 33.2 Å². The fourth-order valence-electron chi connectivity index (χ4n) is 1.75. The van der Waals surface area contributed by atoms with Crippen molar-refractivity contribution < 1.29 is 0 Å². The molecule has 2 aromatic rings. The first-order valence-corrected chi connectivity index (χ1v) is 6.65. The van der Waals surface area contributed by atoms with E-state index in [0.29, 0.717) is 5.95 Å². The lowest BCUT2D eigenvalue weighted by molar-refractivity contribution is 0.879. The second-order valence-corrected chi connectivity index (χ2v) is 5.22. The SMILES string of the molecule is CCc1sc(C(C)Nc2ncccn2)cc1C. The fourth-order valence-corrected chi connectivity index (χ4v) is 2.87. The first kappa shape index (κ1) is 12.0. The Morgan fingerprint density at radius 1 is 1.35 bits per heavy atom. The molecule has 0 saturated carbocycles. The zero-order valence-corrected chi connectivity index (χ0v) is 11.2. The van der Waals surface area contributed by atoms with E-state index in [1.807, 2.05) is 17.4 Å². The number of thiophene rings is 1. The second kappa shape index (κ2) is 5.27. The Morgan fingerprint density at radius 3 is 2.65 bits per heavy atom. The Kier molecular flexibility index (Phi) is 3.74. The molecule has 0 radical (unpaired) electrons. The van der Waals surface area contributed by atoms with Gasteiger partial charge in [0.25, 0.3) is 0 Å². The number of anilines is 1. The predicted octanol–water partition coefficient (Wildman–Crippen LogP) is 3.58. The zero-order valence-electron chi connectivity index (χ0n) is 10.4. The molecule has 3 nitrogen and oxygen atoms in total. The van der Waals surface area contributed by atoms with E-state index < -0.39 is 0 Å². The molecule has 0 bridgehead atoms. The van der Waals surface area contributed by atoms with Gasteiger partial charge in [-0.05, 0) is 38.0 Å². The molecule has 2 aromatic heterocycles. The van der Waals surface area contributed by atoms with Crippen LogP contribution in [-0.4, -0.2) is 9.97 Å². The van der Waals surface area contributed by atoms with Gasteiger partial charge in [0.05, 0.1) is 6.04 Å². The smallest absolute Gasteiger partial charge is 0.223 e. The van der Waals surface area contributed by atoms with E-state index in [1.54, 1.807) is 12.4 Å². The molecule has 90 valence electrons. The van der Waals surface area contributed by atoms with Crippen LogP contribution in [0.15, 0.2) is 24.5 Å². The Morgan fingerprint density at radius 2 is 2.06 bits per heavy atom. The highest BCUT2D eigenvalue weighted by atomic mass is 32.1. The molecule has 17 heavy (non-hydrogen) atoms. The summed E-state index contributed by atoms with van der Waals surface area (Å²) < 4.78 is 0. The maximum absolute atomic E-state index is 4.18. The van der Waals surface area contributed by atoms with Crippen molar-refractivity contribution in [3.05, 3.63) is 39.8 Å². The van der Waals surface area contributed by atoms with Crippen molar-refractivity contribution in [2.24, 2.45) is 0 Å². The summed E-state index contributed by atoms with van der Waals surface area (Å²) in [6.45, 7) is 6.51. The van der Waals surface area contributed by atoms with Gasteiger partial charge < -0.3 is 5.32 Å². The lowest BCUT2D eigenvalue weighted by Gasteiger charge is -2.11. The van der Waals surface area contributed by atoms with E-state index in [4.69, 9.17) is 0 Å². The minimum Gasteiger partial charge on any atom is -0.347 e. The molecule has 0 aliphatic heterocycles. The van der Waals surface area contributed by atoms with Gasteiger partial charge in [-0.25, -0.2) is 9.97 Å². The molecule has 1 atom stereocenters. The summed E-state index contributed by atoms with van der Waals surface area (Å²) in [4.78, 5) is 11.2. The van der Waals surface area contributed by atoms with E-state index in [2.05, 4.69) is 42.1 Å². The molecule has 0 fully saturated rings. The molecule has 0 aliphatic rings. The Bertz CT molecular complexity index is 479. The Hall–Kier alpha value is -1.42. The third kappa shape index (κ3) is 2.82. The average Bonchev–Trinajstić information content (AvgIpc) is 2.72. The van der Waals surface area contributed by atoms with Gasteiger partial charge in [0, 0.05) is 22.1 Å². The predicted molar refractivity (Wildman–Crippen MR) is 72.5 cm³/mol. The number of aromatic nitrogens is 2. The number of hydrogen-bond donors (Lipinski definition) is 1. The largest absolute Gasteiger partial charge is 0.347 e. The van der Waals surface area contributed by atoms with Crippen LogP contribution in [0.3, 0.4) is 0 Å². The molecule has 2 heterocycles. The third-order valence-corrected chi connectivity index (χ3v) is 4.26. The van der Waals surface area contributed by atoms with Crippen LogP contribution in [-0.2, 0) is 6.42 Å². The topological polar surface area (TPSA) is 37.8 Å². The molecule has 0 spiro atoms. The molecule has 0 amide bonds. The van der Waals surface area contributed by atoms with E-state index in [-0.39, 0.29) is 6.04 Å². The molecule has 1 N–H and O–H groups in total. The highest BCUT2D eigenvalue weighted by Crippen LogP contribution is 2.28. The average molecular weight is 247 g/mol. The summed E-state index contributed by atoms with van der Waals surface area (Å²) in [6, 6.07) is 4.33. The Labute approximate surface area is 106 Å². The van der Waals surface area contributed by atoms with Gasteiger partial charge in [-0.15, -0.1) is 11.3 Å². The number of nitrogens with zero attached hydrogens (tertiary/aromatic N) is 2. The summed E-state index contributed by atoms with van der Waals surface area (Å²) >= 11 is 1.87. The van der Waals surface area contributed by atoms with Crippen LogP contribution in [0.4, 0.5) is 5.95 Å². The molecular weight excluding hydrogens is 230 g/mol. The van der Waals surface area contributed by atoms with E-state index in [1.165, 1.54) is 15.3 Å². The lowest BCUT2D eigenvalue weighted by atomic mass is 10.2. The summed E-state index contributed by atoms with van der Waals surface area (Å²) in [5.74, 6) is 0.684. The van der Waals surface area contributed by atoms with E-state index >= 15 is 0 Å². The minimum atomic E-state index is 0.251. The maximum atomic E-state index is 4.18. The summed E-state index contributed by atoms with van der Waals surface area (Å²) in [6.07, 6.45) is 4.60.